The molecule has 0 aromatic heterocycles. The first-order valence-corrected chi connectivity index (χ1v) is 9.00. The van der Waals surface area contributed by atoms with Gasteiger partial charge >= 0.3 is 15.6 Å². The van der Waals surface area contributed by atoms with Crippen LogP contribution in [0.5, 0.6) is 0 Å². The van der Waals surface area contributed by atoms with Crippen molar-refractivity contribution in [1.29, 1.82) is 0 Å². The second-order valence-electron chi connectivity index (χ2n) is 4.70. The second kappa shape index (κ2) is 8.25. The lowest BCUT2D eigenvalue weighted by Crippen LogP contribution is -1.99. The fourth-order valence-corrected chi connectivity index (χ4v) is 2.75. The summed E-state index contributed by atoms with van der Waals surface area (Å²) >= 11 is 0. The van der Waals surface area contributed by atoms with Crippen LogP contribution in [0.2, 0.25) is 0 Å². The normalized spacial score (nSPS) is 17.4. The molecule has 0 aromatic carbocycles. The van der Waals surface area contributed by atoms with Crippen LogP contribution in [-0.2, 0) is 18.0 Å². The standard InChI is InChI=1S/C11H22O7P2/c1-9(2)5-6-10(3)11(4)7-8-17-20(15,16)18-19(12,13)14/h5,7,10H,6,8H2,1-4H3,(H,15,16)(H2,12,13,14)/b11-7+/t10-/m1/s1. The zero-order valence-corrected chi connectivity index (χ0v) is 13.8. The Morgan fingerprint density at radius 1 is 1.15 bits per heavy atom. The largest absolute Gasteiger partial charge is 0.481 e. The van der Waals surface area contributed by atoms with Gasteiger partial charge in [-0.25, -0.2) is 9.13 Å². The molecule has 20 heavy (non-hydrogen) atoms. The molecule has 0 bridgehead atoms. The Hall–Kier alpha value is -0.260. The maximum absolute atomic E-state index is 11.2. The van der Waals surface area contributed by atoms with Crippen LogP contribution in [0.3, 0.4) is 0 Å². The highest BCUT2D eigenvalue weighted by molar-refractivity contribution is 7.60. The average Bonchev–Trinajstić information content (AvgIpc) is 2.21. The summed E-state index contributed by atoms with van der Waals surface area (Å²) in [6.45, 7) is 7.57. The third-order valence-electron chi connectivity index (χ3n) is 2.51. The summed E-state index contributed by atoms with van der Waals surface area (Å²) in [5, 5.41) is 0. The summed E-state index contributed by atoms with van der Waals surface area (Å²) in [5.41, 5.74) is 2.15. The molecule has 0 aliphatic rings. The minimum atomic E-state index is -5.06. The molecule has 0 saturated heterocycles. The second-order valence-corrected chi connectivity index (χ2v) is 7.53. The summed E-state index contributed by atoms with van der Waals surface area (Å²) < 4.78 is 29.7. The summed E-state index contributed by atoms with van der Waals surface area (Å²) in [6, 6.07) is 0. The van der Waals surface area contributed by atoms with E-state index in [1.165, 1.54) is 5.57 Å². The van der Waals surface area contributed by atoms with Crippen LogP contribution in [0.25, 0.3) is 0 Å². The van der Waals surface area contributed by atoms with E-state index < -0.39 is 15.6 Å². The summed E-state index contributed by atoms with van der Waals surface area (Å²) in [5.74, 6) is 0.231. The van der Waals surface area contributed by atoms with Gasteiger partial charge in [-0.15, -0.1) is 0 Å². The molecule has 0 spiro atoms. The van der Waals surface area contributed by atoms with Crippen molar-refractivity contribution in [3.05, 3.63) is 23.3 Å². The molecule has 0 radical (unpaired) electrons. The van der Waals surface area contributed by atoms with Crippen molar-refractivity contribution in [2.45, 2.75) is 34.1 Å². The molecule has 0 rings (SSSR count). The Morgan fingerprint density at radius 3 is 2.15 bits per heavy atom. The van der Waals surface area contributed by atoms with E-state index in [9.17, 15) is 9.13 Å². The van der Waals surface area contributed by atoms with Gasteiger partial charge < -0.3 is 14.7 Å². The first-order chi connectivity index (χ1) is 8.93. The minimum absolute atomic E-state index is 0.231. The smallest absolute Gasteiger partial charge is 0.302 e. The first-order valence-electron chi connectivity index (χ1n) is 5.97. The molecule has 0 fully saturated rings. The lowest BCUT2D eigenvalue weighted by atomic mass is 9.98. The summed E-state index contributed by atoms with van der Waals surface area (Å²) in [6.07, 6.45) is 4.49. The van der Waals surface area contributed by atoms with Crippen molar-refractivity contribution in [2.24, 2.45) is 5.92 Å². The van der Waals surface area contributed by atoms with Crippen LogP contribution < -0.4 is 0 Å². The Balaban J connectivity index is 4.39. The van der Waals surface area contributed by atoms with Gasteiger partial charge in [0.25, 0.3) is 0 Å². The van der Waals surface area contributed by atoms with E-state index in [4.69, 9.17) is 14.7 Å². The van der Waals surface area contributed by atoms with Gasteiger partial charge in [-0.1, -0.05) is 30.2 Å². The predicted octanol–water partition coefficient (Wildman–Crippen LogP) is 3.15. The van der Waals surface area contributed by atoms with Gasteiger partial charge in [0.1, 0.15) is 0 Å². The number of phosphoric acid groups is 2. The number of rotatable bonds is 8. The number of allylic oxidation sites excluding steroid dienone is 3. The van der Waals surface area contributed by atoms with Crippen molar-refractivity contribution in [3.63, 3.8) is 0 Å². The van der Waals surface area contributed by atoms with Crippen molar-refractivity contribution in [2.75, 3.05) is 6.61 Å². The van der Waals surface area contributed by atoms with Gasteiger partial charge in [-0.2, -0.15) is 4.31 Å². The van der Waals surface area contributed by atoms with Gasteiger partial charge in [0.2, 0.25) is 0 Å². The zero-order valence-electron chi connectivity index (χ0n) is 12.0. The van der Waals surface area contributed by atoms with E-state index in [1.54, 1.807) is 6.08 Å². The van der Waals surface area contributed by atoms with Crippen molar-refractivity contribution >= 4 is 15.6 Å². The average molecular weight is 328 g/mol. The van der Waals surface area contributed by atoms with Crippen LogP contribution in [0.1, 0.15) is 34.1 Å². The highest BCUT2D eigenvalue weighted by Gasteiger charge is 2.31. The maximum atomic E-state index is 11.2. The van der Waals surface area contributed by atoms with Gasteiger partial charge in [-0.3, -0.25) is 4.52 Å². The molecule has 2 atom stereocenters. The number of phosphoric ester groups is 1. The van der Waals surface area contributed by atoms with E-state index in [1.807, 2.05) is 27.7 Å². The van der Waals surface area contributed by atoms with Gasteiger partial charge in [0.05, 0.1) is 6.61 Å². The highest BCUT2D eigenvalue weighted by Crippen LogP contribution is 2.57. The van der Waals surface area contributed by atoms with Crippen molar-refractivity contribution in [3.8, 4) is 0 Å². The number of hydrogen-bond acceptors (Lipinski definition) is 4. The van der Waals surface area contributed by atoms with Crippen LogP contribution in [0, 0.1) is 5.92 Å². The van der Waals surface area contributed by atoms with E-state index in [2.05, 4.69) is 14.9 Å². The molecule has 9 heteroatoms. The van der Waals surface area contributed by atoms with E-state index in [0.29, 0.717) is 0 Å². The molecule has 0 aliphatic carbocycles. The zero-order chi connectivity index (χ0) is 16.0. The molecule has 118 valence electrons. The van der Waals surface area contributed by atoms with Gasteiger partial charge in [0.15, 0.2) is 0 Å². The van der Waals surface area contributed by atoms with E-state index >= 15 is 0 Å². The molecule has 3 N–H and O–H groups in total. The Labute approximate surface area is 119 Å². The Bertz CT molecular complexity index is 459. The molecule has 0 aliphatic heterocycles. The SMILES string of the molecule is CC(C)=CC[C@@H](C)/C(C)=C/COP(=O)(O)OP(=O)(O)O. The van der Waals surface area contributed by atoms with E-state index in [-0.39, 0.29) is 12.5 Å². The highest BCUT2D eigenvalue weighted by atomic mass is 31.3. The molecule has 7 nitrogen and oxygen atoms in total. The predicted molar refractivity (Wildman–Crippen MR) is 75.9 cm³/mol. The molecular formula is C11H22O7P2. The first kappa shape index (κ1) is 19.7. The van der Waals surface area contributed by atoms with Gasteiger partial charge in [-0.05, 0) is 33.1 Å². The monoisotopic (exact) mass is 328 g/mol. The minimum Gasteiger partial charge on any atom is -0.302 e. The molecule has 0 heterocycles. The van der Waals surface area contributed by atoms with Crippen LogP contribution in [0.15, 0.2) is 23.3 Å². The maximum Gasteiger partial charge on any atom is 0.481 e. The molecule has 0 amide bonds. The topological polar surface area (TPSA) is 113 Å². The third kappa shape index (κ3) is 10.5. The van der Waals surface area contributed by atoms with E-state index in [0.717, 1.165) is 12.0 Å². The van der Waals surface area contributed by atoms with Crippen LogP contribution in [-0.4, -0.2) is 21.3 Å². The lowest BCUT2D eigenvalue weighted by Gasteiger charge is -2.13. The number of hydrogen-bond donors (Lipinski definition) is 3. The fourth-order valence-electron chi connectivity index (χ4n) is 1.22. The van der Waals surface area contributed by atoms with Gasteiger partial charge in [0, 0.05) is 0 Å². The lowest BCUT2D eigenvalue weighted by molar-refractivity contribution is 0.191. The molecular weight excluding hydrogens is 306 g/mol. The molecule has 1 unspecified atom stereocenters. The summed E-state index contributed by atoms with van der Waals surface area (Å²) in [7, 11) is -9.81. The molecule has 0 saturated carbocycles. The van der Waals surface area contributed by atoms with Crippen LogP contribution >= 0.6 is 15.6 Å². The Morgan fingerprint density at radius 2 is 1.70 bits per heavy atom. The third-order valence-corrected chi connectivity index (χ3v) is 4.66. The quantitative estimate of drug-likeness (QED) is 0.463. The summed E-state index contributed by atoms with van der Waals surface area (Å²) in [4.78, 5) is 25.9. The fraction of sp³-hybridized carbons (Fsp3) is 0.636. The van der Waals surface area contributed by atoms with Crippen molar-refractivity contribution in [1.82, 2.24) is 0 Å². The van der Waals surface area contributed by atoms with Crippen LogP contribution in [0.4, 0.5) is 0 Å². The van der Waals surface area contributed by atoms with Crippen molar-refractivity contribution < 1.29 is 32.6 Å². The molecule has 0 aromatic rings. The Kier molecular flexibility index (Phi) is 8.14.